The molecular weight excluding hydrogens is 222 g/mol. The topological polar surface area (TPSA) is 77.6 Å². The standard InChI is InChI=1S/C7H6N2S.C3H3N3/c8-7-5-3-1-2-4-6(5)10-9-7;1-2-4-6-5-3-1/h1-4H,(H2,8,9);1-3H. The number of aromatic nitrogens is 4. The van der Waals surface area contributed by atoms with Crippen LogP contribution in [0.1, 0.15) is 0 Å². The summed E-state index contributed by atoms with van der Waals surface area (Å²) >= 11 is 1.44. The van der Waals surface area contributed by atoms with Gasteiger partial charge in [0.2, 0.25) is 0 Å². The predicted molar refractivity (Wildman–Crippen MR) is 63.9 cm³/mol. The summed E-state index contributed by atoms with van der Waals surface area (Å²) in [4.78, 5) is 0. The molecule has 6 heteroatoms. The van der Waals surface area contributed by atoms with E-state index >= 15 is 0 Å². The maximum atomic E-state index is 5.58. The lowest BCUT2D eigenvalue weighted by Crippen LogP contribution is -1.81. The number of nitrogen functional groups attached to an aromatic ring is 1. The highest BCUT2D eigenvalue weighted by Crippen LogP contribution is 2.22. The minimum atomic E-state index is 0.639. The summed E-state index contributed by atoms with van der Waals surface area (Å²) in [5.74, 6) is 0.639. The summed E-state index contributed by atoms with van der Waals surface area (Å²) < 4.78 is 5.17. The zero-order valence-electron chi connectivity index (χ0n) is 8.32. The molecule has 0 aliphatic carbocycles. The van der Waals surface area contributed by atoms with Crippen LogP contribution in [0.4, 0.5) is 5.82 Å². The number of rotatable bonds is 0. The second-order valence-corrected chi connectivity index (χ2v) is 3.68. The molecular formula is C10H9N5S. The lowest BCUT2D eigenvalue weighted by Gasteiger charge is -1.84. The molecule has 3 rings (SSSR count). The van der Waals surface area contributed by atoms with Crippen molar-refractivity contribution in [2.45, 2.75) is 0 Å². The third-order valence-corrected chi connectivity index (χ3v) is 2.65. The molecule has 0 atom stereocenters. The zero-order chi connectivity index (χ0) is 11.2. The van der Waals surface area contributed by atoms with Crippen LogP contribution in [0.2, 0.25) is 0 Å². The van der Waals surface area contributed by atoms with E-state index in [-0.39, 0.29) is 0 Å². The Hall–Kier alpha value is -2.08. The normalized spacial score (nSPS) is 9.50. The van der Waals surface area contributed by atoms with Crippen LogP contribution in [0.25, 0.3) is 10.1 Å². The molecule has 0 saturated heterocycles. The van der Waals surface area contributed by atoms with Crippen molar-refractivity contribution >= 4 is 27.4 Å². The van der Waals surface area contributed by atoms with E-state index in [1.807, 2.05) is 24.3 Å². The minimum absolute atomic E-state index is 0.639. The van der Waals surface area contributed by atoms with E-state index in [0.29, 0.717) is 5.82 Å². The third kappa shape index (κ3) is 2.48. The van der Waals surface area contributed by atoms with Crippen molar-refractivity contribution in [3.63, 3.8) is 0 Å². The maximum Gasteiger partial charge on any atom is 0.144 e. The zero-order valence-corrected chi connectivity index (χ0v) is 9.13. The first kappa shape index (κ1) is 10.4. The molecule has 0 aliphatic heterocycles. The molecule has 2 N–H and O–H groups in total. The Morgan fingerprint density at radius 3 is 2.31 bits per heavy atom. The third-order valence-electron chi connectivity index (χ3n) is 1.81. The Morgan fingerprint density at radius 1 is 1.00 bits per heavy atom. The van der Waals surface area contributed by atoms with E-state index in [0.717, 1.165) is 10.1 Å². The molecule has 0 aliphatic rings. The quantitative estimate of drug-likeness (QED) is 0.637. The molecule has 0 bridgehead atoms. The Labute approximate surface area is 96.1 Å². The van der Waals surface area contributed by atoms with Gasteiger partial charge >= 0.3 is 0 Å². The summed E-state index contributed by atoms with van der Waals surface area (Å²) in [6.45, 7) is 0. The number of nitrogens with zero attached hydrogens (tertiary/aromatic N) is 4. The minimum Gasteiger partial charge on any atom is -0.382 e. The van der Waals surface area contributed by atoms with Gasteiger partial charge in [0.15, 0.2) is 0 Å². The Kier molecular flexibility index (Phi) is 3.35. The van der Waals surface area contributed by atoms with Gasteiger partial charge in [0.1, 0.15) is 5.82 Å². The first-order chi connectivity index (χ1) is 7.88. The van der Waals surface area contributed by atoms with Gasteiger partial charge in [-0.2, -0.15) is 4.37 Å². The second-order valence-electron chi connectivity index (χ2n) is 2.87. The van der Waals surface area contributed by atoms with Crippen molar-refractivity contribution < 1.29 is 0 Å². The molecule has 0 fully saturated rings. The molecule has 3 aromatic rings. The van der Waals surface area contributed by atoms with E-state index in [1.54, 1.807) is 18.5 Å². The number of anilines is 1. The van der Waals surface area contributed by atoms with Crippen LogP contribution in [0.3, 0.4) is 0 Å². The van der Waals surface area contributed by atoms with Gasteiger partial charge in [-0.3, -0.25) is 0 Å². The smallest absolute Gasteiger partial charge is 0.144 e. The van der Waals surface area contributed by atoms with Crippen LogP contribution in [0.15, 0.2) is 42.7 Å². The summed E-state index contributed by atoms with van der Waals surface area (Å²) in [6.07, 6.45) is 3.15. The lowest BCUT2D eigenvalue weighted by atomic mass is 10.3. The molecule has 5 nitrogen and oxygen atoms in total. The maximum absolute atomic E-state index is 5.58. The Balaban J connectivity index is 0.000000138. The highest BCUT2D eigenvalue weighted by Gasteiger charge is 1.98. The van der Waals surface area contributed by atoms with Gasteiger partial charge in [-0.25, -0.2) is 0 Å². The monoisotopic (exact) mass is 231 g/mol. The van der Waals surface area contributed by atoms with Gasteiger partial charge in [-0.05, 0) is 34.9 Å². The average molecular weight is 231 g/mol. The first-order valence-electron chi connectivity index (χ1n) is 4.56. The SMILES string of the molecule is Nc1nsc2ccccc12.c1cnnnc1. The lowest BCUT2D eigenvalue weighted by molar-refractivity contribution is 0.865. The van der Waals surface area contributed by atoms with Gasteiger partial charge in [-0.15, -0.1) is 10.2 Å². The number of hydrogen-bond donors (Lipinski definition) is 1. The van der Waals surface area contributed by atoms with Crippen molar-refractivity contribution in [3.8, 4) is 0 Å². The van der Waals surface area contributed by atoms with Crippen LogP contribution in [0.5, 0.6) is 0 Å². The van der Waals surface area contributed by atoms with Crippen LogP contribution in [-0.2, 0) is 0 Å². The molecule has 80 valence electrons. The van der Waals surface area contributed by atoms with Gasteiger partial charge in [0.25, 0.3) is 0 Å². The summed E-state index contributed by atoms with van der Waals surface area (Å²) in [5, 5.41) is 11.2. The molecule has 0 spiro atoms. The van der Waals surface area contributed by atoms with E-state index in [2.05, 4.69) is 19.8 Å². The molecule has 0 radical (unpaired) electrons. The number of benzene rings is 1. The van der Waals surface area contributed by atoms with Crippen LogP contribution in [-0.4, -0.2) is 19.8 Å². The fourth-order valence-electron chi connectivity index (χ4n) is 1.11. The number of nitrogens with two attached hydrogens (primary N) is 1. The van der Waals surface area contributed by atoms with Gasteiger partial charge in [0, 0.05) is 5.39 Å². The van der Waals surface area contributed by atoms with Crippen molar-refractivity contribution in [2.75, 3.05) is 5.73 Å². The molecule has 16 heavy (non-hydrogen) atoms. The largest absolute Gasteiger partial charge is 0.382 e. The van der Waals surface area contributed by atoms with E-state index in [4.69, 9.17) is 5.73 Å². The highest BCUT2D eigenvalue weighted by atomic mass is 32.1. The van der Waals surface area contributed by atoms with Gasteiger partial charge in [0.05, 0.1) is 17.1 Å². The van der Waals surface area contributed by atoms with Gasteiger partial charge in [-0.1, -0.05) is 12.1 Å². The second kappa shape index (κ2) is 5.13. The van der Waals surface area contributed by atoms with E-state index < -0.39 is 0 Å². The molecule has 0 amide bonds. The summed E-state index contributed by atoms with van der Waals surface area (Å²) in [7, 11) is 0. The molecule has 0 saturated carbocycles. The van der Waals surface area contributed by atoms with E-state index in [9.17, 15) is 0 Å². The molecule has 2 heterocycles. The average Bonchev–Trinajstić information content (AvgIpc) is 2.75. The Bertz CT molecular complexity index is 524. The molecule has 0 unspecified atom stereocenters. The van der Waals surface area contributed by atoms with Gasteiger partial charge < -0.3 is 5.73 Å². The van der Waals surface area contributed by atoms with E-state index in [1.165, 1.54) is 11.5 Å². The van der Waals surface area contributed by atoms with Crippen LogP contribution < -0.4 is 5.73 Å². The number of fused-ring (bicyclic) bond motifs is 1. The van der Waals surface area contributed by atoms with Crippen molar-refractivity contribution in [3.05, 3.63) is 42.7 Å². The fraction of sp³-hybridized carbons (Fsp3) is 0. The first-order valence-corrected chi connectivity index (χ1v) is 5.33. The molecule has 1 aromatic carbocycles. The Morgan fingerprint density at radius 2 is 1.75 bits per heavy atom. The summed E-state index contributed by atoms with van der Waals surface area (Å²) in [5.41, 5.74) is 5.58. The number of hydrogen-bond acceptors (Lipinski definition) is 6. The fourth-order valence-corrected chi connectivity index (χ4v) is 1.82. The molecule has 2 aromatic heterocycles. The van der Waals surface area contributed by atoms with Crippen molar-refractivity contribution in [1.82, 2.24) is 19.8 Å². The summed E-state index contributed by atoms with van der Waals surface area (Å²) in [6, 6.07) is 9.66. The van der Waals surface area contributed by atoms with Crippen molar-refractivity contribution in [1.29, 1.82) is 0 Å². The van der Waals surface area contributed by atoms with Crippen molar-refractivity contribution in [2.24, 2.45) is 0 Å². The highest BCUT2D eigenvalue weighted by molar-refractivity contribution is 7.13. The van der Waals surface area contributed by atoms with Crippen LogP contribution >= 0.6 is 11.5 Å². The predicted octanol–water partition coefficient (Wildman–Crippen LogP) is 1.75. The van der Waals surface area contributed by atoms with Crippen LogP contribution in [0, 0.1) is 0 Å².